The zero-order chi connectivity index (χ0) is 13.6. The highest BCUT2D eigenvalue weighted by Gasteiger charge is 2.40. The molecule has 1 aliphatic carbocycles. The highest BCUT2D eigenvalue weighted by molar-refractivity contribution is 5.83. The first kappa shape index (κ1) is 12.4. The van der Waals surface area contributed by atoms with Crippen LogP contribution in [-0.4, -0.2) is 24.0 Å². The van der Waals surface area contributed by atoms with Gasteiger partial charge in [0.05, 0.1) is 13.2 Å². The van der Waals surface area contributed by atoms with E-state index in [0.29, 0.717) is 19.1 Å². The predicted molar refractivity (Wildman–Crippen MR) is 74.1 cm³/mol. The number of fused-ring (bicyclic) bond motifs is 1. The zero-order valence-electron chi connectivity index (χ0n) is 11.3. The summed E-state index contributed by atoms with van der Waals surface area (Å²) < 4.78 is 25.0. The Morgan fingerprint density at radius 1 is 1.15 bits per heavy atom. The van der Waals surface area contributed by atoms with Crippen molar-refractivity contribution in [1.29, 1.82) is 0 Å². The summed E-state index contributed by atoms with van der Waals surface area (Å²) in [4.78, 5) is 3.24. The summed E-state index contributed by atoms with van der Waals surface area (Å²) in [6.45, 7) is 1.42. The van der Waals surface area contributed by atoms with Crippen LogP contribution in [0.3, 0.4) is 0 Å². The Morgan fingerprint density at radius 2 is 1.90 bits per heavy atom. The quantitative estimate of drug-likeness (QED) is 0.861. The number of rotatable bonds is 1. The predicted octanol–water partition coefficient (Wildman–Crippen LogP) is 3.71. The molecule has 2 heterocycles. The zero-order valence-corrected chi connectivity index (χ0v) is 11.3. The van der Waals surface area contributed by atoms with Crippen LogP contribution in [0.2, 0.25) is 0 Å². The molecule has 4 heteroatoms. The van der Waals surface area contributed by atoms with Crippen LogP contribution in [0.5, 0.6) is 0 Å². The molecule has 2 aromatic rings. The van der Waals surface area contributed by atoms with Crippen LogP contribution in [0.4, 0.5) is 4.39 Å². The number of aromatic amines is 1. The van der Waals surface area contributed by atoms with E-state index < -0.39 is 0 Å². The fourth-order valence-electron chi connectivity index (χ4n) is 3.61. The van der Waals surface area contributed by atoms with E-state index >= 15 is 0 Å². The average Bonchev–Trinajstić information content (AvgIpc) is 3.07. The fourth-order valence-corrected chi connectivity index (χ4v) is 3.61. The normalized spacial score (nSPS) is 22.9. The Kier molecular flexibility index (Phi) is 2.82. The molecule has 0 amide bonds. The molecule has 0 radical (unpaired) electrons. The van der Waals surface area contributed by atoms with Crippen LogP contribution in [0.1, 0.15) is 37.2 Å². The molecule has 106 valence electrons. The van der Waals surface area contributed by atoms with Gasteiger partial charge in [-0.25, -0.2) is 4.39 Å². The summed E-state index contributed by atoms with van der Waals surface area (Å²) in [5.74, 6) is -0.0366. The largest absolute Gasteiger partial charge is 0.361 e. The highest BCUT2D eigenvalue weighted by Crippen LogP contribution is 2.43. The van der Waals surface area contributed by atoms with Gasteiger partial charge in [0.1, 0.15) is 5.82 Å². The van der Waals surface area contributed by atoms with Gasteiger partial charge in [0.2, 0.25) is 0 Å². The molecule has 1 saturated carbocycles. The van der Waals surface area contributed by atoms with Crippen molar-refractivity contribution >= 4 is 10.9 Å². The number of hydrogen-bond acceptors (Lipinski definition) is 2. The van der Waals surface area contributed by atoms with E-state index in [-0.39, 0.29) is 11.6 Å². The standard InChI is InChI=1S/C16H18FNO2/c17-12-1-2-15-13(9-12)14(10-18-15)11-3-5-16(6-4-11)19-7-8-20-16/h1-2,9-11,18H,3-8H2. The average molecular weight is 275 g/mol. The third-order valence-corrected chi connectivity index (χ3v) is 4.68. The van der Waals surface area contributed by atoms with Crippen molar-refractivity contribution in [2.24, 2.45) is 0 Å². The SMILES string of the molecule is Fc1ccc2[nH]cc(C3CCC4(CC3)OCCO4)c2c1. The van der Waals surface area contributed by atoms with Gasteiger partial charge in [-0.05, 0) is 42.5 Å². The molecule has 1 aromatic heterocycles. The van der Waals surface area contributed by atoms with E-state index in [1.165, 1.54) is 11.6 Å². The monoisotopic (exact) mass is 275 g/mol. The molecule has 0 unspecified atom stereocenters. The van der Waals surface area contributed by atoms with Gasteiger partial charge in [0.15, 0.2) is 5.79 Å². The minimum absolute atomic E-state index is 0.173. The van der Waals surface area contributed by atoms with Crippen molar-refractivity contribution in [3.8, 4) is 0 Å². The number of benzene rings is 1. The molecular formula is C16H18FNO2. The van der Waals surface area contributed by atoms with Crippen LogP contribution >= 0.6 is 0 Å². The second kappa shape index (κ2) is 4.57. The molecule has 0 bridgehead atoms. The molecule has 1 spiro atoms. The van der Waals surface area contributed by atoms with Crippen molar-refractivity contribution in [3.63, 3.8) is 0 Å². The van der Waals surface area contributed by atoms with Crippen LogP contribution in [0.15, 0.2) is 24.4 Å². The summed E-state index contributed by atoms with van der Waals surface area (Å²) in [7, 11) is 0. The number of H-pyrrole nitrogens is 1. The van der Waals surface area contributed by atoms with E-state index in [4.69, 9.17) is 9.47 Å². The van der Waals surface area contributed by atoms with E-state index in [0.717, 1.165) is 36.6 Å². The van der Waals surface area contributed by atoms with Gasteiger partial charge in [-0.1, -0.05) is 0 Å². The molecule has 20 heavy (non-hydrogen) atoms. The number of halogens is 1. The van der Waals surface area contributed by atoms with Crippen molar-refractivity contribution in [3.05, 3.63) is 35.8 Å². The Hall–Kier alpha value is -1.39. The van der Waals surface area contributed by atoms with E-state index in [2.05, 4.69) is 4.98 Å². The molecular weight excluding hydrogens is 257 g/mol. The summed E-state index contributed by atoms with van der Waals surface area (Å²) in [6, 6.07) is 4.94. The van der Waals surface area contributed by atoms with Crippen LogP contribution < -0.4 is 0 Å². The van der Waals surface area contributed by atoms with Gasteiger partial charge in [-0.2, -0.15) is 0 Å². The fraction of sp³-hybridized carbons (Fsp3) is 0.500. The number of nitrogens with one attached hydrogen (secondary N) is 1. The Morgan fingerprint density at radius 3 is 2.65 bits per heavy atom. The topological polar surface area (TPSA) is 34.2 Å². The third-order valence-electron chi connectivity index (χ3n) is 4.68. The summed E-state index contributed by atoms with van der Waals surface area (Å²) in [5.41, 5.74) is 2.24. The van der Waals surface area contributed by atoms with Crippen LogP contribution in [0, 0.1) is 5.82 Å². The molecule has 3 nitrogen and oxygen atoms in total. The smallest absolute Gasteiger partial charge is 0.168 e. The maximum absolute atomic E-state index is 13.4. The van der Waals surface area contributed by atoms with Crippen LogP contribution in [-0.2, 0) is 9.47 Å². The van der Waals surface area contributed by atoms with Gasteiger partial charge in [0.25, 0.3) is 0 Å². The molecule has 2 fully saturated rings. The van der Waals surface area contributed by atoms with E-state index in [1.54, 1.807) is 6.07 Å². The van der Waals surface area contributed by atoms with Crippen molar-refractivity contribution < 1.29 is 13.9 Å². The van der Waals surface area contributed by atoms with Crippen LogP contribution in [0.25, 0.3) is 10.9 Å². The Balaban J connectivity index is 1.60. The lowest BCUT2D eigenvalue weighted by molar-refractivity contribution is -0.178. The molecule has 0 atom stereocenters. The summed E-state index contributed by atoms with van der Waals surface area (Å²) >= 11 is 0. The second-order valence-corrected chi connectivity index (χ2v) is 5.82. The number of hydrogen-bond donors (Lipinski definition) is 1. The van der Waals surface area contributed by atoms with Crippen molar-refractivity contribution in [2.45, 2.75) is 37.4 Å². The van der Waals surface area contributed by atoms with E-state index in [9.17, 15) is 4.39 Å². The Bertz CT molecular complexity index is 620. The van der Waals surface area contributed by atoms with Crippen molar-refractivity contribution in [2.75, 3.05) is 13.2 Å². The van der Waals surface area contributed by atoms with Crippen molar-refractivity contribution in [1.82, 2.24) is 4.98 Å². The first-order chi connectivity index (χ1) is 9.76. The van der Waals surface area contributed by atoms with E-state index in [1.807, 2.05) is 12.3 Å². The summed E-state index contributed by atoms with van der Waals surface area (Å²) in [6.07, 6.45) is 5.95. The first-order valence-corrected chi connectivity index (χ1v) is 7.30. The third kappa shape index (κ3) is 1.95. The minimum atomic E-state index is -0.326. The van der Waals surface area contributed by atoms with Gasteiger partial charge in [-0.15, -0.1) is 0 Å². The number of aromatic nitrogens is 1. The van der Waals surface area contributed by atoms with Gasteiger partial charge in [0, 0.05) is 29.9 Å². The molecule has 1 aliphatic heterocycles. The lowest BCUT2D eigenvalue weighted by Gasteiger charge is -2.35. The number of ether oxygens (including phenoxy) is 2. The Labute approximate surface area is 117 Å². The molecule has 1 N–H and O–H groups in total. The van der Waals surface area contributed by atoms with Gasteiger partial charge >= 0.3 is 0 Å². The highest BCUT2D eigenvalue weighted by atomic mass is 19.1. The molecule has 1 saturated heterocycles. The summed E-state index contributed by atoms with van der Waals surface area (Å²) in [5, 5.41) is 1.01. The lowest BCUT2D eigenvalue weighted by Crippen LogP contribution is -2.34. The van der Waals surface area contributed by atoms with Gasteiger partial charge in [-0.3, -0.25) is 0 Å². The van der Waals surface area contributed by atoms with Gasteiger partial charge < -0.3 is 14.5 Å². The lowest BCUT2D eigenvalue weighted by atomic mass is 9.81. The maximum Gasteiger partial charge on any atom is 0.168 e. The molecule has 4 rings (SSSR count). The molecule has 1 aromatic carbocycles. The second-order valence-electron chi connectivity index (χ2n) is 5.82. The molecule has 2 aliphatic rings. The first-order valence-electron chi connectivity index (χ1n) is 7.30. The maximum atomic E-state index is 13.4. The minimum Gasteiger partial charge on any atom is -0.361 e.